The van der Waals surface area contributed by atoms with Crippen molar-refractivity contribution in [3.05, 3.63) is 65.5 Å². The van der Waals surface area contributed by atoms with Crippen molar-refractivity contribution in [1.82, 2.24) is 5.32 Å². The van der Waals surface area contributed by atoms with E-state index in [9.17, 15) is 4.39 Å². The number of hydrogen-bond acceptors (Lipinski definition) is 2. The molecule has 0 radical (unpaired) electrons. The highest BCUT2D eigenvalue weighted by atomic mass is 19.1. The van der Waals surface area contributed by atoms with Gasteiger partial charge < -0.3 is 10.1 Å². The zero-order chi connectivity index (χ0) is 13.7. The summed E-state index contributed by atoms with van der Waals surface area (Å²) in [6.45, 7) is 2.71. The number of rotatable bonds is 5. The fraction of sp³-hybridized carbons (Fsp3) is 0.250. The molecule has 0 saturated heterocycles. The van der Waals surface area contributed by atoms with Gasteiger partial charge in [0.25, 0.3) is 0 Å². The first kappa shape index (κ1) is 13.6. The summed E-state index contributed by atoms with van der Waals surface area (Å²) in [5, 5.41) is 3.37. The third kappa shape index (κ3) is 3.80. The molecule has 0 amide bonds. The number of hydrogen-bond donors (Lipinski definition) is 1. The lowest BCUT2D eigenvalue weighted by molar-refractivity contribution is 0.413. The molecule has 0 unspecified atom stereocenters. The van der Waals surface area contributed by atoms with Gasteiger partial charge in [0.2, 0.25) is 0 Å². The molecule has 2 aromatic carbocycles. The van der Waals surface area contributed by atoms with E-state index in [-0.39, 0.29) is 11.9 Å². The van der Waals surface area contributed by atoms with Crippen LogP contribution in [0.25, 0.3) is 0 Å². The molecule has 0 fully saturated rings. The minimum Gasteiger partial charge on any atom is -0.497 e. The number of benzene rings is 2. The molecule has 2 rings (SSSR count). The maximum absolute atomic E-state index is 13.1. The highest BCUT2D eigenvalue weighted by Gasteiger charge is 2.06. The summed E-state index contributed by atoms with van der Waals surface area (Å²) in [5.74, 6) is 0.644. The highest BCUT2D eigenvalue weighted by molar-refractivity contribution is 5.30. The van der Waals surface area contributed by atoms with E-state index in [0.717, 1.165) is 16.9 Å². The first-order chi connectivity index (χ1) is 9.19. The van der Waals surface area contributed by atoms with Crippen molar-refractivity contribution in [3.63, 3.8) is 0 Å². The van der Waals surface area contributed by atoms with Crippen LogP contribution >= 0.6 is 0 Å². The Morgan fingerprint density at radius 3 is 2.68 bits per heavy atom. The highest BCUT2D eigenvalue weighted by Crippen LogP contribution is 2.19. The molecule has 0 saturated carbocycles. The Hall–Kier alpha value is -1.87. The SMILES string of the molecule is COc1cccc([C@H](C)NCc2cccc(F)c2)c1. The molecule has 100 valence electrons. The molecule has 2 aromatic rings. The third-order valence-electron chi connectivity index (χ3n) is 3.10. The van der Waals surface area contributed by atoms with Crippen LogP contribution in [0.15, 0.2) is 48.5 Å². The second-order valence-electron chi connectivity index (χ2n) is 4.51. The van der Waals surface area contributed by atoms with Crippen LogP contribution in [-0.2, 0) is 6.54 Å². The molecule has 0 aliphatic heterocycles. The van der Waals surface area contributed by atoms with E-state index in [2.05, 4.69) is 12.2 Å². The fourth-order valence-corrected chi connectivity index (χ4v) is 1.95. The van der Waals surface area contributed by atoms with Gasteiger partial charge in [-0.2, -0.15) is 0 Å². The van der Waals surface area contributed by atoms with Crippen LogP contribution in [0, 0.1) is 5.82 Å². The Labute approximate surface area is 113 Å². The van der Waals surface area contributed by atoms with E-state index >= 15 is 0 Å². The third-order valence-corrected chi connectivity index (χ3v) is 3.10. The van der Waals surface area contributed by atoms with Gasteiger partial charge in [0.05, 0.1) is 7.11 Å². The Morgan fingerprint density at radius 1 is 1.16 bits per heavy atom. The number of ether oxygens (including phenoxy) is 1. The summed E-state index contributed by atoms with van der Waals surface area (Å²) in [6, 6.07) is 14.8. The van der Waals surface area contributed by atoms with E-state index in [1.54, 1.807) is 19.2 Å². The van der Waals surface area contributed by atoms with Crippen molar-refractivity contribution in [2.24, 2.45) is 0 Å². The standard InChI is InChI=1S/C16H18FNO/c1-12(14-6-4-8-16(10-14)19-2)18-11-13-5-3-7-15(17)9-13/h3-10,12,18H,11H2,1-2H3/t12-/m0/s1. The zero-order valence-corrected chi connectivity index (χ0v) is 11.2. The molecule has 3 heteroatoms. The average molecular weight is 259 g/mol. The van der Waals surface area contributed by atoms with Gasteiger partial charge in [-0.3, -0.25) is 0 Å². The van der Waals surface area contributed by atoms with E-state index in [0.29, 0.717) is 6.54 Å². The van der Waals surface area contributed by atoms with Crippen molar-refractivity contribution in [1.29, 1.82) is 0 Å². The molecule has 2 nitrogen and oxygen atoms in total. The molecule has 0 aromatic heterocycles. The summed E-state index contributed by atoms with van der Waals surface area (Å²) < 4.78 is 18.3. The predicted molar refractivity (Wildman–Crippen MR) is 74.6 cm³/mol. The first-order valence-corrected chi connectivity index (χ1v) is 6.31. The molecule has 0 bridgehead atoms. The Balaban J connectivity index is 1.99. The summed E-state index contributed by atoms with van der Waals surface area (Å²) in [4.78, 5) is 0. The largest absolute Gasteiger partial charge is 0.497 e. The molecule has 0 heterocycles. The van der Waals surface area contributed by atoms with Gasteiger partial charge in [0.15, 0.2) is 0 Å². The summed E-state index contributed by atoms with van der Waals surface area (Å²) in [6.07, 6.45) is 0. The molecule has 0 aliphatic rings. The number of halogens is 1. The number of methoxy groups -OCH3 is 1. The van der Waals surface area contributed by atoms with Gasteiger partial charge in [-0.25, -0.2) is 4.39 Å². The summed E-state index contributed by atoms with van der Waals surface area (Å²) >= 11 is 0. The molecule has 19 heavy (non-hydrogen) atoms. The normalized spacial score (nSPS) is 12.2. The van der Waals surface area contributed by atoms with E-state index < -0.39 is 0 Å². The molecule has 1 N–H and O–H groups in total. The maximum atomic E-state index is 13.1. The van der Waals surface area contributed by atoms with Gasteiger partial charge in [-0.1, -0.05) is 24.3 Å². The van der Waals surface area contributed by atoms with Gasteiger partial charge in [-0.05, 0) is 42.3 Å². The van der Waals surface area contributed by atoms with Crippen molar-refractivity contribution < 1.29 is 9.13 Å². The Morgan fingerprint density at radius 2 is 1.95 bits per heavy atom. The summed E-state index contributed by atoms with van der Waals surface area (Å²) in [5.41, 5.74) is 2.09. The van der Waals surface area contributed by atoms with Gasteiger partial charge in [0.1, 0.15) is 11.6 Å². The van der Waals surface area contributed by atoms with Crippen LogP contribution in [0.5, 0.6) is 5.75 Å². The van der Waals surface area contributed by atoms with Gasteiger partial charge in [-0.15, -0.1) is 0 Å². The fourth-order valence-electron chi connectivity index (χ4n) is 1.95. The molecule has 0 spiro atoms. The lowest BCUT2D eigenvalue weighted by Crippen LogP contribution is -2.18. The second kappa shape index (κ2) is 6.34. The second-order valence-corrected chi connectivity index (χ2v) is 4.51. The topological polar surface area (TPSA) is 21.3 Å². The van der Waals surface area contributed by atoms with Crippen LogP contribution in [0.1, 0.15) is 24.1 Å². The Kier molecular flexibility index (Phi) is 4.53. The zero-order valence-electron chi connectivity index (χ0n) is 11.2. The molecular weight excluding hydrogens is 241 g/mol. The number of nitrogens with one attached hydrogen (secondary N) is 1. The lowest BCUT2D eigenvalue weighted by Gasteiger charge is -2.15. The van der Waals surface area contributed by atoms with Crippen LogP contribution in [0.4, 0.5) is 4.39 Å². The van der Waals surface area contributed by atoms with Crippen molar-refractivity contribution in [2.75, 3.05) is 7.11 Å². The van der Waals surface area contributed by atoms with Gasteiger partial charge in [0, 0.05) is 12.6 Å². The smallest absolute Gasteiger partial charge is 0.123 e. The molecule has 1 atom stereocenters. The van der Waals surface area contributed by atoms with E-state index in [1.807, 2.05) is 30.3 Å². The maximum Gasteiger partial charge on any atom is 0.123 e. The van der Waals surface area contributed by atoms with Crippen LogP contribution < -0.4 is 10.1 Å². The molecule has 0 aliphatic carbocycles. The summed E-state index contributed by atoms with van der Waals surface area (Å²) in [7, 11) is 1.66. The van der Waals surface area contributed by atoms with Crippen LogP contribution in [0.2, 0.25) is 0 Å². The minimum absolute atomic E-state index is 0.179. The average Bonchev–Trinajstić information content (AvgIpc) is 2.45. The van der Waals surface area contributed by atoms with Crippen LogP contribution in [-0.4, -0.2) is 7.11 Å². The Bertz CT molecular complexity index is 542. The van der Waals surface area contributed by atoms with Gasteiger partial charge >= 0.3 is 0 Å². The monoisotopic (exact) mass is 259 g/mol. The first-order valence-electron chi connectivity index (χ1n) is 6.31. The van der Waals surface area contributed by atoms with Crippen molar-refractivity contribution in [3.8, 4) is 5.75 Å². The predicted octanol–water partition coefficient (Wildman–Crippen LogP) is 3.69. The van der Waals surface area contributed by atoms with E-state index in [1.165, 1.54) is 6.07 Å². The molecular formula is C16H18FNO. The minimum atomic E-state index is -0.201. The van der Waals surface area contributed by atoms with Crippen molar-refractivity contribution in [2.45, 2.75) is 19.5 Å². The van der Waals surface area contributed by atoms with Crippen LogP contribution in [0.3, 0.4) is 0 Å². The van der Waals surface area contributed by atoms with E-state index in [4.69, 9.17) is 4.74 Å². The van der Waals surface area contributed by atoms with Crippen molar-refractivity contribution >= 4 is 0 Å². The lowest BCUT2D eigenvalue weighted by atomic mass is 10.1. The quantitative estimate of drug-likeness (QED) is 0.884.